The highest BCUT2D eigenvalue weighted by Crippen LogP contribution is 2.28. The van der Waals surface area contributed by atoms with Crippen molar-refractivity contribution in [2.45, 2.75) is 6.04 Å². The van der Waals surface area contributed by atoms with E-state index < -0.39 is 18.0 Å². The number of carbonyl (C=O) groups excluding carboxylic acids is 3. The molecule has 1 unspecified atom stereocenters. The van der Waals surface area contributed by atoms with E-state index in [9.17, 15) is 14.4 Å². The third-order valence-corrected chi connectivity index (χ3v) is 6.34. The van der Waals surface area contributed by atoms with Crippen molar-refractivity contribution in [1.82, 2.24) is 9.80 Å². The quantitative estimate of drug-likeness (QED) is 0.499. The monoisotopic (exact) mass is 482 g/mol. The van der Waals surface area contributed by atoms with Gasteiger partial charge in [0.1, 0.15) is 12.6 Å². The first-order valence-corrected chi connectivity index (χ1v) is 11.9. The van der Waals surface area contributed by atoms with E-state index in [1.807, 2.05) is 78.9 Å². The van der Waals surface area contributed by atoms with Crippen LogP contribution in [0.4, 0.5) is 4.79 Å². The maximum absolute atomic E-state index is 12.9. The minimum absolute atomic E-state index is 0.00716. The number of hydrogen-bond donors (Lipinski definition) is 0. The van der Waals surface area contributed by atoms with Crippen molar-refractivity contribution in [1.29, 1.82) is 0 Å². The average Bonchev–Trinajstić information content (AvgIpc) is 3.34. The zero-order chi connectivity index (χ0) is 24.9. The van der Waals surface area contributed by atoms with Crippen LogP contribution in [0.5, 0.6) is 0 Å². The molecule has 182 valence electrons. The molecule has 0 N–H and O–H groups in total. The van der Waals surface area contributed by atoms with Crippen molar-refractivity contribution in [3.8, 4) is 11.1 Å². The normalized spacial score (nSPS) is 17.9. The summed E-state index contributed by atoms with van der Waals surface area (Å²) in [5, 5.41) is 0. The third-order valence-electron chi connectivity index (χ3n) is 6.34. The van der Waals surface area contributed by atoms with Gasteiger partial charge in [-0.1, -0.05) is 60.7 Å². The van der Waals surface area contributed by atoms with Crippen LogP contribution in [-0.4, -0.2) is 60.6 Å². The van der Waals surface area contributed by atoms with Crippen molar-refractivity contribution in [3.05, 3.63) is 102 Å². The highest BCUT2D eigenvalue weighted by Gasteiger charge is 2.37. The molecule has 2 saturated heterocycles. The van der Waals surface area contributed by atoms with Gasteiger partial charge in [-0.05, 0) is 46.5 Å². The summed E-state index contributed by atoms with van der Waals surface area (Å²) in [5.41, 5.74) is 4.10. The lowest BCUT2D eigenvalue weighted by molar-refractivity contribution is -0.124. The Kier molecular flexibility index (Phi) is 6.91. The lowest BCUT2D eigenvalue weighted by Crippen LogP contribution is -2.40. The molecule has 5 rings (SSSR count). The van der Waals surface area contributed by atoms with Gasteiger partial charge >= 0.3 is 6.09 Å². The van der Waals surface area contributed by atoms with E-state index in [1.165, 1.54) is 6.08 Å². The number of imide groups is 1. The molecular formula is C29H26N2O5. The molecular weight excluding hydrogens is 456 g/mol. The fourth-order valence-corrected chi connectivity index (χ4v) is 4.44. The number of ether oxygens (including phenoxy) is 2. The molecule has 0 spiro atoms. The predicted octanol–water partition coefficient (Wildman–Crippen LogP) is 4.56. The molecule has 0 saturated carbocycles. The van der Waals surface area contributed by atoms with Gasteiger partial charge in [0.15, 0.2) is 0 Å². The Balaban J connectivity index is 1.33. The van der Waals surface area contributed by atoms with Crippen LogP contribution in [0.25, 0.3) is 17.2 Å². The first kappa shape index (κ1) is 23.5. The van der Waals surface area contributed by atoms with Gasteiger partial charge in [0.2, 0.25) is 0 Å². The SMILES string of the molecule is O=C(c1cccc(-c2cccc(C=CC(=O)N3C(=O)OCC3c3ccccc3)c2)c1)N1CCOCC1. The lowest BCUT2D eigenvalue weighted by atomic mass is 10.0. The Morgan fingerprint density at radius 3 is 2.36 bits per heavy atom. The van der Waals surface area contributed by atoms with Gasteiger partial charge < -0.3 is 14.4 Å². The minimum atomic E-state index is -0.644. The standard InChI is InChI=1S/C29H26N2O5/c32-27(31-26(20-36-29(31)34)22-7-2-1-3-8-22)13-12-21-6-4-9-23(18-21)24-10-5-11-25(19-24)28(33)30-14-16-35-17-15-30/h1-13,18-19,26H,14-17,20H2. The fourth-order valence-electron chi connectivity index (χ4n) is 4.44. The van der Waals surface area contributed by atoms with Crippen LogP contribution in [0.1, 0.15) is 27.5 Å². The number of benzene rings is 3. The van der Waals surface area contributed by atoms with Crippen molar-refractivity contribution in [2.75, 3.05) is 32.9 Å². The number of carbonyl (C=O) groups is 3. The molecule has 7 nitrogen and oxygen atoms in total. The summed E-state index contributed by atoms with van der Waals surface area (Å²) in [4.78, 5) is 41.0. The molecule has 2 aliphatic heterocycles. The molecule has 0 bridgehead atoms. The molecule has 2 heterocycles. The molecule has 2 fully saturated rings. The Labute approximate surface area is 209 Å². The van der Waals surface area contributed by atoms with Gasteiger partial charge in [0.05, 0.1) is 13.2 Å². The lowest BCUT2D eigenvalue weighted by Gasteiger charge is -2.27. The van der Waals surface area contributed by atoms with Crippen molar-refractivity contribution in [3.63, 3.8) is 0 Å². The number of cyclic esters (lactones) is 1. The maximum atomic E-state index is 12.9. The second kappa shape index (κ2) is 10.6. The van der Waals surface area contributed by atoms with E-state index in [2.05, 4.69) is 0 Å². The van der Waals surface area contributed by atoms with Crippen LogP contribution >= 0.6 is 0 Å². The Morgan fingerprint density at radius 1 is 0.861 bits per heavy atom. The molecule has 0 aliphatic carbocycles. The molecule has 1 atom stereocenters. The van der Waals surface area contributed by atoms with E-state index in [4.69, 9.17) is 9.47 Å². The van der Waals surface area contributed by atoms with Crippen LogP contribution in [0.2, 0.25) is 0 Å². The van der Waals surface area contributed by atoms with Crippen molar-refractivity contribution < 1.29 is 23.9 Å². The topological polar surface area (TPSA) is 76.2 Å². The highest BCUT2D eigenvalue weighted by atomic mass is 16.6. The molecule has 3 amide bonds. The van der Waals surface area contributed by atoms with Gasteiger partial charge in [-0.25, -0.2) is 9.69 Å². The number of rotatable bonds is 5. The third kappa shape index (κ3) is 5.06. The predicted molar refractivity (Wildman–Crippen MR) is 135 cm³/mol. The summed E-state index contributed by atoms with van der Waals surface area (Å²) >= 11 is 0. The maximum Gasteiger partial charge on any atom is 0.417 e. The summed E-state index contributed by atoms with van der Waals surface area (Å²) in [5.74, 6) is -0.442. The first-order valence-electron chi connectivity index (χ1n) is 11.9. The van der Waals surface area contributed by atoms with Gasteiger partial charge in [-0.15, -0.1) is 0 Å². The van der Waals surface area contributed by atoms with Crippen LogP contribution in [0.15, 0.2) is 84.9 Å². The van der Waals surface area contributed by atoms with Gasteiger partial charge in [-0.2, -0.15) is 0 Å². The minimum Gasteiger partial charge on any atom is -0.446 e. The van der Waals surface area contributed by atoms with Crippen molar-refractivity contribution >= 4 is 24.0 Å². The summed E-state index contributed by atoms with van der Waals surface area (Å²) in [7, 11) is 0. The number of amides is 3. The summed E-state index contributed by atoms with van der Waals surface area (Å²) in [6, 6.07) is 24.1. The van der Waals surface area contributed by atoms with E-state index in [0.29, 0.717) is 31.9 Å². The van der Waals surface area contributed by atoms with Crippen LogP contribution < -0.4 is 0 Å². The fraction of sp³-hybridized carbons (Fsp3) is 0.207. The second-order valence-electron chi connectivity index (χ2n) is 8.66. The summed E-state index contributed by atoms with van der Waals surface area (Å²) < 4.78 is 10.5. The largest absolute Gasteiger partial charge is 0.446 e. The van der Waals surface area contributed by atoms with E-state index in [1.54, 1.807) is 11.0 Å². The van der Waals surface area contributed by atoms with E-state index in [0.717, 1.165) is 27.2 Å². The van der Waals surface area contributed by atoms with Crippen LogP contribution in [-0.2, 0) is 14.3 Å². The average molecular weight is 483 g/mol. The molecule has 7 heteroatoms. The molecule has 3 aromatic carbocycles. The van der Waals surface area contributed by atoms with Crippen molar-refractivity contribution in [2.24, 2.45) is 0 Å². The molecule has 36 heavy (non-hydrogen) atoms. The molecule has 0 aromatic heterocycles. The van der Waals surface area contributed by atoms with Gasteiger partial charge in [0.25, 0.3) is 11.8 Å². The Bertz CT molecular complexity index is 1300. The summed E-state index contributed by atoms with van der Waals surface area (Å²) in [6.07, 6.45) is 2.43. The second-order valence-corrected chi connectivity index (χ2v) is 8.66. The molecule has 0 radical (unpaired) electrons. The zero-order valence-electron chi connectivity index (χ0n) is 19.7. The van der Waals surface area contributed by atoms with E-state index in [-0.39, 0.29) is 12.5 Å². The summed E-state index contributed by atoms with van der Waals surface area (Å²) in [6.45, 7) is 2.43. The van der Waals surface area contributed by atoms with E-state index >= 15 is 0 Å². The van der Waals surface area contributed by atoms with Gasteiger partial charge in [0, 0.05) is 24.7 Å². The Morgan fingerprint density at radius 2 is 1.58 bits per heavy atom. The Hall–Kier alpha value is -4.23. The van der Waals surface area contributed by atoms with Crippen LogP contribution in [0, 0.1) is 0 Å². The van der Waals surface area contributed by atoms with Crippen LogP contribution in [0.3, 0.4) is 0 Å². The number of nitrogens with zero attached hydrogens (tertiary/aromatic N) is 2. The first-order chi connectivity index (χ1) is 17.6. The number of morpholine rings is 1. The van der Waals surface area contributed by atoms with Gasteiger partial charge in [-0.3, -0.25) is 9.59 Å². The molecule has 3 aromatic rings. The zero-order valence-corrected chi connectivity index (χ0v) is 19.7. The highest BCUT2D eigenvalue weighted by molar-refractivity contribution is 6.02. The molecule has 2 aliphatic rings. The smallest absolute Gasteiger partial charge is 0.417 e. The number of hydrogen-bond acceptors (Lipinski definition) is 5.